The normalized spacial score (nSPS) is 10.2. The highest BCUT2D eigenvalue weighted by molar-refractivity contribution is 7.73. The molecule has 12 heavy (non-hydrogen) atoms. The SMILES string of the molecule is Nc1cc(N[SH](=O)=O)ccc1Cl. The summed E-state index contributed by atoms with van der Waals surface area (Å²) in [6, 6.07) is 4.51. The standard InChI is InChI=1S/C6H7ClN2O2S/c7-5-2-1-4(3-6(5)8)9-12(10)11/h1-3,12H,8H2,(H,9,10,11). The minimum Gasteiger partial charge on any atom is -0.397 e. The monoisotopic (exact) mass is 206 g/mol. The summed E-state index contributed by atoms with van der Waals surface area (Å²) in [6.07, 6.45) is 0. The van der Waals surface area contributed by atoms with Crippen LogP contribution < -0.4 is 10.5 Å². The molecule has 0 bridgehead atoms. The summed E-state index contributed by atoms with van der Waals surface area (Å²) in [5.41, 5.74) is 6.18. The van der Waals surface area contributed by atoms with Crippen LogP contribution in [0.3, 0.4) is 0 Å². The molecule has 3 N–H and O–H groups in total. The van der Waals surface area contributed by atoms with Gasteiger partial charge in [0.15, 0.2) is 0 Å². The van der Waals surface area contributed by atoms with Gasteiger partial charge in [0.2, 0.25) is 10.9 Å². The van der Waals surface area contributed by atoms with Crippen molar-refractivity contribution in [3.05, 3.63) is 23.2 Å². The van der Waals surface area contributed by atoms with Crippen LogP contribution in [0.4, 0.5) is 11.4 Å². The molecule has 0 saturated carbocycles. The van der Waals surface area contributed by atoms with Crippen molar-refractivity contribution < 1.29 is 8.42 Å². The lowest BCUT2D eigenvalue weighted by molar-refractivity contribution is 0.619. The highest BCUT2D eigenvalue weighted by atomic mass is 35.5. The summed E-state index contributed by atoms with van der Waals surface area (Å²) in [5, 5.41) is 0.404. The van der Waals surface area contributed by atoms with Crippen LogP contribution in [-0.4, -0.2) is 8.42 Å². The van der Waals surface area contributed by atoms with Gasteiger partial charge < -0.3 is 5.73 Å². The maximum absolute atomic E-state index is 10.2. The Morgan fingerprint density at radius 1 is 1.42 bits per heavy atom. The van der Waals surface area contributed by atoms with E-state index in [0.717, 1.165) is 0 Å². The first kappa shape index (κ1) is 9.15. The average molecular weight is 207 g/mol. The maximum Gasteiger partial charge on any atom is 0.222 e. The van der Waals surface area contributed by atoms with Gasteiger partial charge >= 0.3 is 0 Å². The summed E-state index contributed by atoms with van der Waals surface area (Å²) in [4.78, 5) is 0. The van der Waals surface area contributed by atoms with Crippen LogP contribution >= 0.6 is 11.6 Å². The Morgan fingerprint density at radius 3 is 2.58 bits per heavy atom. The molecule has 0 aliphatic carbocycles. The van der Waals surface area contributed by atoms with E-state index in [9.17, 15) is 8.42 Å². The second-order valence-corrected chi connectivity index (χ2v) is 3.25. The number of anilines is 2. The molecule has 0 amide bonds. The van der Waals surface area contributed by atoms with Gasteiger partial charge in [-0.1, -0.05) is 11.6 Å². The first-order chi connectivity index (χ1) is 5.59. The van der Waals surface area contributed by atoms with E-state index < -0.39 is 10.9 Å². The molecule has 66 valence electrons. The van der Waals surface area contributed by atoms with Crippen molar-refractivity contribution in [3.8, 4) is 0 Å². The summed E-state index contributed by atoms with van der Waals surface area (Å²) < 4.78 is 22.6. The molecular weight excluding hydrogens is 200 g/mol. The maximum atomic E-state index is 10.2. The average Bonchev–Trinajstić information content (AvgIpc) is 1.96. The van der Waals surface area contributed by atoms with E-state index in [1.54, 1.807) is 0 Å². The molecule has 0 unspecified atom stereocenters. The zero-order valence-electron chi connectivity index (χ0n) is 5.95. The minimum atomic E-state index is -2.65. The van der Waals surface area contributed by atoms with Gasteiger partial charge in [0.25, 0.3) is 0 Å². The Bertz CT molecular complexity index is 357. The van der Waals surface area contributed by atoms with E-state index in [4.69, 9.17) is 17.3 Å². The molecular formula is C6H7ClN2O2S. The molecule has 1 rings (SSSR count). The van der Waals surface area contributed by atoms with Crippen molar-refractivity contribution in [2.24, 2.45) is 0 Å². The van der Waals surface area contributed by atoms with Crippen LogP contribution in [0.2, 0.25) is 5.02 Å². The van der Waals surface area contributed by atoms with Gasteiger partial charge in [-0.15, -0.1) is 0 Å². The molecule has 1 aromatic carbocycles. The molecule has 0 radical (unpaired) electrons. The Hall–Kier alpha value is -0.940. The van der Waals surface area contributed by atoms with Crippen LogP contribution in [0, 0.1) is 0 Å². The topological polar surface area (TPSA) is 72.2 Å². The van der Waals surface area contributed by atoms with Crippen molar-refractivity contribution in [1.29, 1.82) is 0 Å². The second kappa shape index (κ2) is 3.64. The molecule has 0 heterocycles. The number of hydrogen-bond acceptors (Lipinski definition) is 3. The third-order valence-corrected chi connectivity index (χ3v) is 2.00. The predicted octanol–water partition coefficient (Wildman–Crippen LogP) is 0.860. The van der Waals surface area contributed by atoms with Crippen molar-refractivity contribution in [2.45, 2.75) is 0 Å². The third kappa shape index (κ3) is 2.28. The predicted molar refractivity (Wildman–Crippen MR) is 49.8 cm³/mol. The highest BCUT2D eigenvalue weighted by Gasteiger charge is 1.97. The molecule has 0 aliphatic rings. The first-order valence-corrected chi connectivity index (χ1v) is 4.61. The summed E-state index contributed by atoms with van der Waals surface area (Å²) in [7, 11) is -2.65. The molecule has 0 atom stereocenters. The van der Waals surface area contributed by atoms with E-state index in [0.29, 0.717) is 16.4 Å². The number of thiol groups is 1. The van der Waals surface area contributed by atoms with E-state index in [-0.39, 0.29) is 0 Å². The van der Waals surface area contributed by atoms with E-state index >= 15 is 0 Å². The number of benzene rings is 1. The lowest BCUT2D eigenvalue weighted by Gasteiger charge is -2.01. The largest absolute Gasteiger partial charge is 0.397 e. The van der Waals surface area contributed by atoms with Crippen molar-refractivity contribution in [1.82, 2.24) is 0 Å². The molecule has 0 aromatic heterocycles. The fourth-order valence-electron chi connectivity index (χ4n) is 0.719. The van der Waals surface area contributed by atoms with Gasteiger partial charge in [0.1, 0.15) is 0 Å². The Morgan fingerprint density at radius 2 is 2.08 bits per heavy atom. The Kier molecular flexibility index (Phi) is 2.78. The molecule has 0 fully saturated rings. The number of nitrogens with one attached hydrogen (secondary N) is 1. The number of nitrogens with two attached hydrogens (primary N) is 1. The highest BCUT2D eigenvalue weighted by Crippen LogP contribution is 2.21. The van der Waals surface area contributed by atoms with E-state index in [1.807, 2.05) is 0 Å². The minimum absolute atomic E-state index is 0.346. The number of nitrogen functional groups attached to an aromatic ring is 1. The number of rotatable bonds is 2. The van der Waals surface area contributed by atoms with Crippen LogP contribution in [0.5, 0.6) is 0 Å². The zero-order valence-corrected chi connectivity index (χ0v) is 7.60. The second-order valence-electron chi connectivity index (χ2n) is 2.11. The van der Waals surface area contributed by atoms with Crippen molar-refractivity contribution in [3.63, 3.8) is 0 Å². The lowest BCUT2D eigenvalue weighted by atomic mass is 10.3. The van der Waals surface area contributed by atoms with Crippen molar-refractivity contribution in [2.75, 3.05) is 10.5 Å². The lowest BCUT2D eigenvalue weighted by Crippen LogP contribution is -1.96. The zero-order chi connectivity index (χ0) is 9.14. The van der Waals surface area contributed by atoms with Gasteiger partial charge in [0, 0.05) is 0 Å². The van der Waals surface area contributed by atoms with Gasteiger partial charge in [-0.25, -0.2) is 8.42 Å². The van der Waals surface area contributed by atoms with Crippen LogP contribution in [-0.2, 0) is 10.9 Å². The number of halogens is 1. The fraction of sp³-hybridized carbons (Fsp3) is 0. The summed E-state index contributed by atoms with van der Waals surface area (Å²) >= 11 is 5.61. The molecule has 4 nitrogen and oxygen atoms in total. The molecule has 0 spiro atoms. The first-order valence-electron chi connectivity index (χ1n) is 3.05. The van der Waals surface area contributed by atoms with Crippen LogP contribution in [0.1, 0.15) is 0 Å². The van der Waals surface area contributed by atoms with Gasteiger partial charge in [-0.05, 0) is 18.2 Å². The van der Waals surface area contributed by atoms with Gasteiger partial charge in [0.05, 0.1) is 16.4 Å². The number of hydrogen-bond donors (Lipinski definition) is 3. The molecule has 1 aromatic rings. The van der Waals surface area contributed by atoms with Gasteiger partial charge in [-0.2, -0.15) is 0 Å². The fourth-order valence-corrected chi connectivity index (χ4v) is 1.19. The summed E-state index contributed by atoms with van der Waals surface area (Å²) in [6.45, 7) is 0. The summed E-state index contributed by atoms with van der Waals surface area (Å²) in [5.74, 6) is 0. The van der Waals surface area contributed by atoms with Crippen LogP contribution in [0.25, 0.3) is 0 Å². The van der Waals surface area contributed by atoms with E-state index in [2.05, 4.69) is 4.72 Å². The molecule has 0 aliphatic heterocycles. The smallest absolute Gasteiger partial charge is 0.222 e. The Labute approximate surface area is 76.4 Å². The van der Waals surface area contributed by atoms with E-state index in [1.165, 1.54) is 18.2 Å². The van der Waals surface area contributed by atoms with Crippen molar-refractivity contribution >= 4 is 33.9 Å². The van der Waals surface area contributed by atoms with Crippen LogP contribution in [0.15, 0.2) is 18.2 Å². The Balaban J connectivity index is 2.97. The third-order valence-electron chi connectivity index (χ3n) is 1.22. The molecule has 6 heteroatoms. The van der Waals surface area contributed by atoms with Gasteiger partial charge in [-0.3, -0.25) is 4.72 Å². The quantitative estimate of drug-likeness (QED) is 0.497. The molecule has 0 saturated heterocycles.